The lowest BCUT2D eigenvalue weighted by Crippen LogP contribution is -3.10. The highest BCUT2D eigenvalue weighted by atomic mass is 15.1. The first kappa shape index (κ1) is 6.48. The molecule has 70 valence electrons. The summed E-state index contributed by atoms with van der Waals surface area (Å²) in [5.74, 6) is 7.26. The standard InChI is InChI=1S/C13H18/c1-11(2,3)13-8-5-9(13)7-10(13)6(8)12(5,7)4/h5-10H,1-4H3. The van der Waals surface area contributed by atoms with Crippen LogP contribution in [-0.4, -0.2) is 0 Å². The normalized spacial score (nSPS) is 84.0. The molecule has 6 aliphatic rings. The Bertz CT molecular complexity index is 303. The molecule has 0 bridgehead atoms. The molecule has 0 aliphatic heterocycles. The molecule has 0 heterocycles. The molecular weight excluding hydrogens is 156 g/mol. The van der Waals surface area contributed by atoms with Crippen molar-refractivity contribution in [1.82, 2.24) is 0 Å². The van der Waals surface area contributed by atoms with Gasteiger partial charge in [0.15, 0.2) is 0 Å². The fraction of sp³-hybridized carbons (Fsp3) is 1.00. The van der Waals surface area contributed by atoms with Crippen molar-refractivity contribution in [2.75, 3.05) is 0 Å². The molecule has 0 aromatic carbocycles. The minimum absolute atomic E-state index is 0.623. The highest BCUT2D eigenvalue weighted by Crippen LogP contribution is 3.12. The molecule has 0 aromatic rings. The lowest BCUT2D eigenvalue weighted by Gasteiger charge is -3.13. The van der Waals surface area contributed by atoms with E-state index in [1.165, 1.54) is 35.5 Å². The summed E-state index contributed by atoms with van der Waals surface area (Å²) in [7, 11) is 0. The van der Waals surface area contributed by atoms with Gasteiger partial charge in [-0.25, -0.2) is 0 Å². The molecular formula is C13H18. The van der Waals surface area contributed by atoms with Crippen molar-refractivity contribution in [3.05, 3.63) is 0 Å². The molecule has 13 heavy (non-hydrogen) atoms. The average Bonchev–Trinajstić information content (AvgIpc) is 2.02. The molecule has 6 aliphatic carbocycles. The second-order valence-electron chi connectivity index (χ2n) is 7.70. The van der Waals surface area contributed by atoms with Crippen LogP contribution >= 0.6 is 0 Å². The van der Waals surface area contributed by atoms with Crippen molar-refractivity contribution in [3.63, 3.8) is 0 Å². The molecule has 0 amide bonds. The van der Waals surface area contributed by atoms with Gasteiger partial charge in [0.05, 0.1) is 0 Å². The Morgan fingerprint density at radius 3 is 1.46 bits per heavy atom. The van der Waals surface area contributed by atoms with Crippen LogP contribution in [0.5, 0.6) is 0 Å². The van der Waals surface area contributed by atoms with E-state index in [-0.39, 0.29) is 0 Å². The van der Waals surface area contributed by atoms with Crippen molar-refractivity contribution in [2.24, 2.45) is 51.8 Å². The number of hydrogen-bond acceptors (Lipinski definition) is 0. The minimum Gasteiger partial charge on any atom is -0.0596 e. The second kappa shape index (κ2) is 1.12. The molecule has 0 atom stereocenters. The fourth-order valence-electron chi connectivity index (χ4n) is 7.57. The maximum Gasteiger partial charge on any atom is -0.0146 e. The molecule has 0 aromatic heterocycles. The first-order valence-corrected chi connectivity index (χ1v) is 5.98. The Labute approximate surface area is 80.1 Å². The number of hydrogen-bond donors (Lipinski definition) is 0. The summed E-state index contributed by atoms with van der Waals surface area (Å²) < 4.78 is 0. The van der Waals surface area contributed by atoms with E-state index in [1.807, 2.05) is 0 Å². The van der Waals surface area contributed by atoms with E-state index in [0.29, 0.717) is 5.41 Å². The Kier molecular flexibility index (Phi) is 0.558. The van der Waals surface area contributed by atoms with Gasteiger partial charge in [0.2, 0.25) is 0 Å². The molecule has 0 saturated heterocycles. The van der Waals surface area contributed by atoms with E-state index >= 15 is 0 Å². The van der Waals surface area contributed by atoms with Gasteiger partial charge in [-0.3, -0.25) is 0 Å². The van der Waals surface area contributed by atoms with Gasteiger partial charge in [-0.15, -0.1) is 0 Å². The highest BCUT2D eigenvalue weighted by molar-refractivity contribution is 5.55. The third-order valence-corrected chi connectivity index (χ3v) is 7.43. The van der Waals surface area contributed by atoms with Crippen LogP contribution in [0.2, 0.25) is 0 Å². The molecule has 0 spiro atoms. The Hall–Kier alpha value is 0. The van der Waals surface area contributed by atoms with Gasteiger partial charge in [0.25, 0.3) is 0 Å². The van der Waals surface area contributed by atoms with E-state index in [4.69, 9.17) is 0 Å². The van der Waals surface area contributed by atoms with Gasteiger partial charge in [-0.2, -0.15) is 0 Å². The lowest BCUT2D eigenvalue weighted by molar-refractivity contribution is -0.670. The molecule has 0 nitrogen and oxygen atoms in total. The summed E-state index contributed by atoms with van der Waals surface area (Å²) >= 11 is 0. The third-order valence-electron chi connectivity index (χ3n) is 7.43. The topological polar surface area (TPSA) is 0 Å². The van der Waals surface area contributed by atoms with Gasteiger partial charge in [0, 0.05) is 0 Å². The molecule has 0 radical (unpaired) electrons. The summed E-state index contributed by atoms with van der Waals surface area (Å²) in [5, 5.41) is 0. The van der Waals surface area contributed by atoms with E-state index in [0.717, 1.165) is 10.8 Å². The van der Waals surface area contributed by atoms with E-state index < -0.39 is 0 Å². The SMILES string of the molecule is CC12C3C4C1C1C2C3C41C(C)(C)C. The van der Waals surface area contributed by atoms with E-state index in [2.05, 4.69) is 27.7 Å². The second-order valence-corrected chi connectivity index (χ2v) is 7.70. The summed E-state index contributed by atoms with van der Waals surface area (Å²) in [5.41, 5.74) is 2.41. The van der Waals surface area contributed by atoms with Crippen LogP contribution in [0, 0.1) is 51.8 Å². The molecule has 6 rings (SSSR count). The Morgan fingerprint density at radius 1 is 0.769 bits per heavy atom. The first-order chi connectivity index (χ1) is 5.98. The van der Waals surface area contributed by atoms with Gasteiger partial charge in [-0.05, 0) is 51.8 Å². The summed E-state index contributed by atoms with van der Waals surface area (Å²) in [6.45, 7) is 10.1. The predicted octanol–water partition coefficient (Wildman–Crippen LogP) is 2.79. The van der Waals surface area contributed by atoms with Gasteiger partial charge in [0.1, 0.15) is 0 Å². The predicted molar refractivity (Wildman–Crippen MR) is 50.9 cm³/mol. The molecule has 0 heteroatoms. The van der Waals surface area contributed by atoms with Crippen LogP contribution in [0.25, 0.3) is 0 Å². The fourth-order valence-corrected chi connectivity index (χ4v) is 7.57. The largest absolute Gasteiger partial charge is 0.0596 e. The molecule has 0 unspecified atom stereocenters. The van der Waals surface area contributed by atoms with E-state index in [1.54, 1.807) is 0 Å². The lowest BCUT2D eigenvalue weighted by atomic mass is 8.91. The molecule has 6 fully saturated rings. The summed E-state index contributed by atoms with van der Waals surface area (Å²) in [4.78, 5) is 0. The van der Waals surface area contributed by atoms with Crippen LogP contribution in [0.3, 0.4) is 0 Å². The van der Waals surface area contributed by atoms with Crippen LogP contribution in [0.15, 0.2) is 0 Å². The number of rotatable bonds is 0. The summed E-state index contributed by atoms with van der Waals surface area (Å²) in [6.07, 6.45) is 0. The van der Waals surface area contributed by atoms with Gasteiger partial charge in [-0.1, -0.05) is 27.7 Å². The van der Waals surface area contributed by atoms with Crippen molar-refractivity contribution in [2.45, 2.75) is 27.7 Å². The minimum atomic E-state index is 0.623. The third kappa shape index (κ3) is 0.252. The molecule has 6 saturated carbocycles. The zero-order valence-electron chi connectivity index (χ0n) is 8.96. The smallest absolute Gasteiger partial charge is 0.0146 e. The monoisotopic (exact) mass is 174 g/mol. The van der Waals surface area contributed by atoms with Crippen LogP contribution in [0.1, 0.15) is 27.7 Å². The van der Waals surface area contributed by atoms with Crippen LogP contribution < -0.4 is 0 Å². The zero-order chi connectivity index (χ0) is 8.96. The quantitative estimate of drug-likeness (QED) is 0.530. The maximum absolute atomic E-state index is 2.59. The average molecular weight is 174 g/mol. The van der Waals surface area contributed by atoms with E-state index in [9.17, 15) is 0 Å². The van der Waals surface area contributed by atoms with Gasteiger partial charge >= 0.3 is 0 Å². The first-order valence-electron chi connectivity index (χ1n) is 5.98. The van der Waals surface area contributed by atoms with Crippen molar-refractivity contribution in [3.8, 4) is 0 Å². The van der Waals surface area contributed by atoms with Crippen molar-refractivity contribution >= 4 is 0 Å². The Morgan fingerprint density at radius 2 is 1.15 bits per heavy atom. The zero-order valence-corrected chi connectivity index (χ0v) is 8.96. The highest BCUT2D eigenvalue weighted by Gasteiger charge is 3.09. The van der Waals surface area contributed by atoms with Crippen molar-refractivity contribution < 1.29 is 0 Å². The Balaban J connectivity index is 1.69. The van der Waals surface area contributed by atoms with Crippen molar-refractivity contribution in [1.29, 1.82) is 0 Å². The molecule has 0 N–H and O–H groups in total. The maximum atomic E-state index is 2.59. The summed E-state index contributed by atoms with van der Waals surface area (Å²) in [6, 6.07) is 0. The van der Waals surface area contributed by atoms with Crippen LogP contribution in [0.4, 0.5) is 0 Å². The van der Waals surface area contributed by atoms with Gasteiger partial charge < -0.3 is 0 Å². The van der Waals surface area contributed by atoms with Crippen LogP contribution in [-0.2, 0) is 0 Å².